The number of aliphatic imine (C=N–C) groups is 1. The highest BCUT2D eigenvalue weighted by molar-refractivity contribution is 14.0. The third-order valence-electron chi connectivity index (χ3n) is 4.47. The van der Waals surface area contributed by atoms with E-state index in [0.717, 1.165) is 25.6 Å². The number of aromatic nitrogens is 2. The van der Waals surface area contributed by atoms with E-state index in [1.165, 1.54) is 22.3 Å². The van der Waals surface area contributed by atoms with Crippen LogP contribution in [-0.4, -0.2) is 22.3 Å². The van der Waals surface area contributed by atoms with E-state index >= 15 is 0 Å². The maximum Gasteiger partial charge on any atom is 0.191 e. The van der Waals surface area contributed by atoms with Gasteiger partial charge in [0.25, 0.3) is 0 Å². The lowest BCUT2D eigenvalue weighted by Crippen LogP contribution is -2.37. The highest BCUT2D eigenvalue weighted by atomic mass is 127. The quantitative estimate of drug-likeness (QED) is 0.299. The molecular weight excluding hydrogens is 461 g/mol. The Morgan fingerprint density at radius 3 is 2.36 bits per heavy atom. The average Bonchev–Trinajstić information content (AvgIpc) is 3.19. The van der Waals surface area contributed by atoms with Gasteiger partial charge in [-0.25, -0.2) is 4.99 Å². The van der Waals surface area contributed by atoms with Crippen LogP contribution >= 0.6 is 24.0 Å². The highest BCUT2D eigenvalue weighted by Crippen LogP contribution is 2.12. The van der Waals surface area contributed by atoms with Gasteiger partial charge in [-0.3, -0.25) is 4.68 Å². The molecule has 0 bridgehead atoms. The third-order valence-corrected chi connectivity index (χ3v) is 4.47. The van der Waals surface area contributed by atoms with E-state index in [1.807, 2.05) is 16.9 Å². The Bertz CT molecular complexity index is 874. The van der Waals surface area contributed by atoms with Gasteiger partial charge < -0.3 is 10.6 Å². The molecule has 0 saturated heterocycles. The average molecular weight is 489 g/mol. The van der Waals surface area contributed by atoms with Crippen LogP contribution in [0.25, 0.3) is 0 Å². The first kappa shape index (κ1) is 21.9. The predicted molar refractivity (Wildman–Crippen MR) is 126 cm³/mol. The summed E-state index contributed by atoms with van der Waals surface area (Å²) in [6.07, 6.45) is 3.79. The summed E-state index contributed by atoms with van der Waals surface area (Å²) < 4.78 is 1.93. The Morgan fingerprint density at radius 1 is 0.964 bits per heavy atom. The van der Waals surface area contributed by atoms with Gasteiger partial charge in [-0.05, 0) is 42.2 Å². The number of halogens is 1. The lowest BCUT2D eigenvalue weighted by Gasteiger charge is -2.13. The van der Waals surface area contributed by atoms with Gasteiger partial charge in [-0.2, -0.15) is 5.10 Å². The van der Waals surface area contributed by atoms with Gasteiger partial charge in [0.05, 0.1) is 13.1 Å². The number of aryl methyl sites for hydroxylation is 1. The first-order valence-electron chi connectivity index (χ1n) is 9.37. The fraction of sp³-hybridized carbons (Fsp3) is 0.273. The minimum Gasteiger partial charge on any atom is -0.357 e. The normalized spacial score (nSPS) is 11.0. The monoisotopic (exact) mass is 489 g/mol. The Kier molecular flexibility index (Phi) is 9.00. The molecule has 28 heavy (non-hydrogen) atoms. The van der Waals surface area contributed by atoms with E-state index in [9.17, 15) is 0 Å². The molecule has 0 amide bonds. The minimum atomic E-state index is 0. The zero-order valence-electron chi connectivity index (χ0n) is 16.4. The predicted octanol–water partition coefficient (Wildman–Crippen LogP) is 4.11. The van der Waals surface area contributed by atoms with E-state index in [0.29, 0.717) is 6.54 Å². The van der Waals surface area contributed by atoms with Crippen LogP contribution in [0.4, 0.5) is 0 Å². The summed E-state index contributed by atoms with van der Waals surface area (Å²) in [4.78, 5) is 4.78. The standard InChI is InChI=1S/C22H27N5.HI/c1-3-23-22(24-15-19-10-5-4-9-18(19)2)25-16-20-11-6-7-12-21(20)17-27-14-8-13-26-27;/h4-14H,3,15-17H2,1-2H3,(H2,23,24,25);1H. The minimum absolute atomic E-state index is 0. The number of nitrogens with zero attached hydrogens (tertiary/aromatic N) is 3. The summed E-state index contributed by atoms with van der Waals surface area (Å²) in [6, 6.07) is 18.7. The second-order valence-corrected chi connectivity index (χ2v) is 6.45. The van der Waals surface area contributed by atoms with Crippen LogP contribution in [0.2, 0.25) is 0 Å². The maximum absolute atomic E-state index is 4.78. The van der Waals surface area contributed by atoms with Crippen molar-refractivity contribution in [2.24, 2.45) is 4.99 Å². The maximum atomic E-state index is 4.78. The summed E-state index contributed by atoms with van der Waals surface area (Å²) in [7, 11) is 0. The largest absolute Gasteiger partial charge is 0.357 e. The second kappa shape index (κ2) is 11.5. The van der Waals surface area contributed by atoms with Crippen molar-refractivity contribution in [3.8, 4) is 0 Å². The molecule has 0 saturated carbocycles. The summed E-state index contributed by atoms with van der Waals surface area (Å²) >= 11 is 0. The number of hydrogen-bond donors (Lipinski definition) is 2. The molecule has 6 heteroatoms. The van der Waals surface area contributed by atoms with Gasteiger partial charge in [0, 0.05) is 25.5 Å². The molecule has 0 aliphatic carbocycles. The smallest absolute Gasteiger partial charge is 0.191 e. The van der Waals surface area contributed by atoms with E-state index in [4.69, 9.17) is 4.99 Å². The van der Waals surface area contributed by atoms with Crippen molar-refractivity contribution in [1.82, 2.24) is 20.4 Å². The van der Waals surface area contributed by atoms with Gasteiger partial charge in [0.2, 0.25) is 0 Å². The van der Waals surface area contributed by atoms with Crippen LogP contribution in [0, 0.1) is 6.92 Å². The summed E-state index contributed by atoms with van der Waals surface area (Å²) in [5.74, 6) is 0.828. The van der Waals surface area contributed by atoms with Gasteiger partial charge in [0.1, 0.15) is 0 Å². The van der Waals surface area contributed by atoms with Crippen LogP contribution in [-0.2, 0) is 19.6 Å². The van der Waals surface area contributed by atoms with Crippen molar-refractivity contribution in [3.63, 3.8) is 0 Å². The number of hydrogen-bond acceptors (Lipinski definition) is 2. The highest BCUT2D eigenvalue weighted by Gasteiger charge is 2.04. The molecule has 0 unspecified atom stereocenters. The Morgan fingerprint density at radius 2 is 1.68 bits per heavy atom. The van der Waals surface area contributed by atoms with E-state index < -0.39 is 0 Å². The van der Waals surface area contributed by atoms with Gasteiger partial charge >= 0.3 is 0 Å². The lowest BCUT2D eigenvalue weighted by atomic mass is 10.1. The summed E-state index contributed by atoms with van der Waals surface area (Å²) in [5, 5.41) is 11.1. The third kappa shape index (κ3) is 6.37. The van der Waals surface area contributed by atoms with Crippen LogP contribution in [0.1, 0.15) is 29.2 Å². The molecule has 148 valence electrons. The first-order chi connectivity index (χ1) is 13.3. The fourth-order valence-corrected chi connectivity index (χ4v) is 2.93. The van der Waals surface area contributed by atoms with Crippen LogP contribution in [0.15, 0.2) is 72.0 Å². The van der Waals surface area contributed by atoms with Crippen molar-refractivity contribution in [2.45, 2.75) is 33.5 Å². The molecule has 0 radical (unpaired) electrons. The Hall–Kier alpha value is -2.35. The molecule has 0 aliphatic heterocycles. The molecule has 1 heterocycles. The molecule has 3 rings (SSSR count). The Labute approximate surface area is 184 Å². The SMILES string of the molecule is CCNC(=NCc1ccccc1Cn1cccn1)NCc1ccccc1C.I. The van der Waals surface area contributed by atoms with Crippen LogP contribution in [0.3, 0.4) is 0 Å². The van der Waals surface area contributed by atoms with Crippen molar-refractivity contribution >= 4 is 29.9 Å². The Balaban J connectivity index is 0.00000280. The summed E-state index contributed by atoms with van der Waals surface area (Å²) in [6.45, 7) is 7.18. The molecule has 0 fully saturated rings. The second-order valence-electron chi connectivity index (χ2n) is 6.45. The number of nitrogens with one attached hydrogen (secondary N) is 2. The van der Waals surface area contributed by atoms with Crippen LogP contribution < -0.4 is 10.6 Å². The molecule has 0 aliphatic rings. The number of rotatable bonds is 7. The molecule has 5 nitrogen and oxygen atoms in total. The molecule has 2 N–H and O–H groups in total. The first-order valence-corrected chi connectivity index (χ1v) is 9.37. The molecule has 1 aromatic heterocycles. The van der Waals surface area contributed by atoms with Gasteiger partial charge in [-0.1, -0.05) is 48.5 Å². The zero-order valence-corrected chi connectivity index (χ0v) is 18.8. The zero-order chi connectivity index (χ0) is 18.9. The molecule has 0 atom stereocenters. The summed E-state index contributed by atoms with van der Waals surface area (Å²) in [5.41, 5.74) is 5.01. The fourth-order valence-electron chi connectivity index (χ4n) is 2.93. The van der Waals surface area contributed by atoms with Crippen LogP contribution in [0.5, 0.6) is 0 Å². The van der Waals surface area contributed by atoms with E-state index in [2.05, 4.69) is 78.1 Å². The molecule has 3 aromatic rings. The van der Waals surface area contributed by atoms with Gasteiger partial charge in [-0.15, -0.1) is 24.0 Å². The van der Waals surface area contributed by atoms with Gasteiger partial charge in [0.15, 0.2) is 5.96 Å². The molecule has 0 spiro atoms. The number of benzene rings is 2. The van der Waals surface area contributed by atoms with Crippen molar-refractivity contribution in [1.29, 1.82) is 0 Å². The topological polar surface area (TPSA) is 54.2 Å². The molecular formula is C22H28IN5. The van der Waals surface area contributed by atoms with Crippen molar-refractivity contribution in [2.75, 3.05) is 6.54 Å². The van der Waals surface area contributed by atoms with Crippen molar-refractivity contribution < 1.29 is 0 Å². The molecule has 2 aromatic carbocycles. The van der Waals surface area contributed by atoms with Crippen molar-refractivity contribution in [3.05, 3.63) is 89.2 Å². The van der Waals surface area contributed by atoms with E-state index in [-0.39, 0.29) is 24.0 Å². The van der Waals surface area contributed by atoms with E-state index in [1.54, 1.807) is 6.20 Å². The number of guanidine groups is 1. The lowest BCUT2D eigenvalue weighted by molar-refractivity contribution is 0.680.